The van der Waals surface area contributed by atoms with Crippen molar-refractivity contribution in [2.24, 2.45) is 16.8 Å². The molecule has 1 aliphatic heterocycles. The predicted octanol–water partition coefficient (Wildman–Crippen LogP) is 2.25. The molecule has 0 aromatic heterocycles. The van der Waals surface area contributed by atoms with Gasteiger partial charge in [0.15, 0.2) is 5.96 Å². The normalized spacial score (nSPS) is 29.3. The summed E-state index contributed by atoms with van der Waals surface area (Å²) in [5, 5.41) is 3.18. The SMILES string of the molecule is CN1CCN=C1NCC1CCCC(C(F)(F)F)C1. The van der Waals surface area contributed by atoms with E-state index in [4.69, 9.17) is 0 Å². The van der Waals surface area contributed by atoms with Crippen LogP contribution >= 0.6 is 0 Å². The van der Waals surface area contributed by atoms with Crippen LogP contribution in [0.3, 0.4) is 0 Å². The third kappa shape index (κ3) is 3.29. The van der Waals surface area contributed by atoms with E-state index in [2.05, 4.69) is 10.3 Å². The van der Waals surface area contributed by atoms with Gasteiger partial charge in [-0.15, -0.1) is 0 Å². The molecule has 0 aromatic rings. The van der Waals surface area contributed by atoms with E-state index < -0.39 is 12.1 Å². The van der Waals surface area contributed by atoms with E-state index in [1.807, 2.05) is 11.9 Å². The number of likely N-dealkylation sites (N-methyl/N-ethyl adjacent to an activating group) is 1. The predicted molar refractivity (Wildman–Crippen MR) is 64.4 cm³/mol. The molecule has 1 aliphatic carbocycles. The Bertz CT molecular complexity index is 314. The molecule has 2 aliphatic rings. The topological polar surface area (TPSA) is 27.6 Å². The third-order valence-corrected chi connectivity index (χ3v) is 3.85. The smallest absolute Gasteiger partial charge is 0.356 e. The molecule has 0 saturated heterocycles. The van der Waals surface area contributed by atoms with Crippen molar-refractivity contribution >= 4 is 5.96 Å². The van der Waals surface area contributed by atoms with Crippen LogP contribution in [0, 0.1) is 11.8 Å². The molecule has 1 saturated carbocycles. The first-order valence-corrected chi connectivity index (χ1v) is 6.53. The van der Waals surface area contributed by atoms with Gasteiger partial charge in [0.2, 0.25) is 0 Å². The van der Waals surface area contributed by atoms with Crippen molar-refractivity contribution in [2.45, 2.75) is 31.9 Å². The van der Waals surface area contributed by atoms with Gasteiger partial charge < -0.3 is 10.2 Å². The number of hydrogen-bond acceptors (Lipinski definition) is 3. The number of alkyl halides is 3. The molecule has 2 atom stereocenters. The number of guanidine groups is 1. The summed E-state index contributed by atoms with van der Waals surface area (Å²) < 4.78 is 38.0. The molecule has 3 nitrogen and oxygen atoms in total. The molecule has 0 amide bonds. The zero-order valence-corrected chi connectivity index (χ0v) is 10.6. The van der Waals surface area contributed by atoms with Crippen molar-refractivity contribution in [1.82, 2.24) is 10.2 Å². The van der Waals surface area contributed by atoms with Crippen molar-refractivity contribution in [2.75, 3.05) is 26.7 Å². The van der Waals surface area contributed by atoms with E-state index in [9.17, 15) is 13.2 Å². The Hall–Kier alpha value is -0.940. The van der Waals surface area contributed by atoms with Crippen molar-refractivity contribution in [3.05, 3.63) is 0 Å². The fourth-order valence-corrected chi connectivity index (χ4v) is 2.73. The molecule has 1 heterocycles. The Morgan fingerprint density at radius 1 is 1.39 bits per heavy atom. The Kier molecular flexibility index (Phi) is 4.02. The average Bonchev–Trinajstić information content (AvgIpc) is 2.72. The van der Waals surface area contributed by atoms with Crippen LogP contribution in [0.2, 0.25) is 0 Å². The van der Waals surface area contributed by atoms with E-state index in [1.165, 1.54) is 0 Å². The van der Waals surface area contributed by atoms with Gasteiger partial charge in [0.25, 0.3) is 0 Å². The molecule has 1 fully saturated rings. The fourth-order valence-electron chi connectivity index (χ4n) is 2.73. The second kappa shape index (κ2) is 5.36. The molecular weight excluding hydrogens is 243 g/mol. The first kappa shape index (κ1) is 13.5. The highest BCUT2D eigenvalue weighted by molar-refractivity contribution is 5.81. The highest BCUT2D eigenvalue weighted by atomic mass is 19.4. The average molecular weight is 263 g/mol. The lowest BCUT2D eigenvalue weighted by atomic mass is 9.81. The minimum atomic E-state index is -4.03. The molecule has 1 N–H and O–H groups in total. The van der Waals surface area contributed by atoms with Crippen LogP contribution in [0.1, 0.15) is 25.7 Å². The fraction of sp³-hybridized carbons (Fsp3) is 0.917. The van der Waals surface area contributed by atoms with Crippen LogP contribution in [0.25, 0.3) is 0 Å². The first-order valence-electron chi connectivity index (χ1n) is 6.53. The summed E-state index contributed by atoms with van der Waals surface area (Å²) in [7, 11) is 1.94. The van der Waals surface area contributed by atoms with Gasteiger partial charge in [-0.2, -0.15) is 13.2 Å². The van der Waals surface area contributed by atoms with Gasteiger partial charge in [0.1, 0.15) is 0 Å². The van der Waals surface area contributed by atoms with Gasteiger partial charge in [0, 0.05) is 20.1 Å². The number of hydrogen-bond donors (Lipinski definition) is 1. The maximum Gasteiger partial charge on any atom is 0.391 e. The standard InChI is InChI=1S/C12H20F3N3/c1-18-6-5-16-11(18)17-8-9-3-2-4-10(7-9)12(13,14)15/h9-10H,2-8H2,1H3,(H,16,17). The summed E-state index contributed by atoms with van der Waals surface area (Å²) >= 11 is 0. The molecule has 0 aromatic carbocycles. The molecule has 0 spiro atoms. The quantitative estimate of drug-likeness (QED) is 0.827. The zero-order valence-electron chi connectivity index (χ0n) is 10.6. The van der Waals surface area contributed by atoms with Crippen LogP contribution < -0.4 is 5.32 Å². The van der Waals surface area contributed by atoms with Crippen molar-refractivity contribution in [1.29, 1.82) is 0 Å². The summed E-state index contributed by atoms with van der Waals surface area (Å²) in [5.41, 5.74) is 0. The molecule has 0 bridgehead atoms. The number of rotatable bonds is 2. The molecule has 104 valence electrons. The Labute approximate surface area is 105 Å². The van der Waals surface area contributed by atoms with Crippen molar-refractivity contribution < 1.29 is 13.2 Å². The number of aliphatic imine (C=N–C) groups is 1. The van der Waals surface area contributed by atoms with Crippen LogP contribution in [0.5, 0.6) is 0 Å². The van der Waals surface area contributed by atoms with Crippen molar-refractivity contribution in [3.8, 4) is 0 Å². The summed E-state index contributed by atoms with van der Waals surface area (Å²) in [6.07, 6.45) is -1.91. The Morgan fingerprint density at radius 2 is 2.17 bits per heavy atom. The van der Waals surface area contributed by atoms with Gasteiger partial charge in [-0.3, -0.25) is 4.99 Å². The lowest BCUT2D eigenvalue weighted by Crippen LogP contribution is -2.40. The lowest BCUT2D eigenvalue weighted by molar-refractivity contribution is -0.185. The van der Waals surface area contributed by atoms with Gasteiger partial charge in [-0.05, 0) is 25.2 Å². The van der Waals surface area contributed by atoms with E-state index in [1.54, 1.807) is 0 Å². The Balaban J connectivity index is 1.79. The highest BCUT2D eigenvalue weighted by Crippen LogP contribution is 2.39. The number of nitrogens with one attached hydrogen (secondary N) is 1. The summed E-state index contributed by atoms with van der Waals surface area (Å²) in [6, 6.07) is 0. The minimum Gasteiger partial charge on any atom is -0.356 e. The van der Waals surface area contributed by atoms with Gasteiger partial charge in [-0.1, -0.05) is 6.42 Å². The lowest BCUT2D eigenvalue weighted by Gasteiger charge is -2.31. The van der Waals surface area contributed by atoms with Crippen LogP contribution in [0.4, 0.5) is 13.2 Å². The van der Waals surface area contributed by atoms with Crippen LogP contribution in [0.15, 0.2) is 4.99 Å². The number of halogens is 3. The summed E-state index contributed by atoms with van der Waals surface area (Å²) in [6.45, 7) is 2.27. The van der Waals surface area contributed by atoms with E-state index in [0.29, 0.717) is 19.4 Å². The van der Waals surface area contributed by atoms with Gasteiger partial charge >= 0.3 is 6.18 Å². The molecule has 2 unspecified atom stereocenters. The highest BCUT2D eigenvalue weighted by Gasteiger charge is 2.42. The van der Waals surface area contributed by atoms with E-state index in [0.717, 1.165) is 25.5 Å². The monoisotopic (exact) mass is 263 g/mol. The van der Waals surface area contributed by atoms with Crippen molar-refractivity contribution in [3.63, 3.8) is 0 Å². The largest absolute Gasteiger partial charge is 0.391 e. The second-order valence-corrected chi connectivity index (χ2v) is 5.28. The third-order valence-electron chi connectivity index (χ3n) is 3.85. The first-order chi connectivity index (χ1) is 8.47. The molecule has 6 heteroatoms. The van der Waals surface area contributed by atoms with Crippen LogP contribution in [-0.2, 0) is 0 Å². The van der Waals surface area contributed by atoms with Gasteiger partial charge in [0.05, 0.1) is 12.5 Å². The van der Waals surface area contributed by atoms with Gasteiger partial charge in [-0.25, -0.2) is 0 Å². The summed E-state index contributed by atoms with van der Waals surface area (Å²) in [5.74, 6) is -0.174. The molecule has 0 radical (unpaired) electrons. The molecular formula is C12H20F3N3. The molecule has 18 heavy (non-hydrogen) atoms. The number of nitrogens with zero attached hydrogens (tertiary/aromatic N) is 2. The maximum atomic E-state index is 12.7. The molecule has 2 rings (SSSR count). The van der Waals surface area contributed by atoms with Crippen LogP contribution in [-0.4, -0.2) is 43.7 Å². The second-order valence-electron chi connectivity index (χ2n) is 5.28. The maximum absolute atomic E-state index is 12.7. The zero-order chi connectivity index (χ0) is 13.2. The van der Waals surface area contributed by atoms with E-state index in [-0.39, 0.29) is 12.3 Å². The Morgan fingerprint density at radius 3 is 2.78 bits per heavy atom. The summed E-state index contributed by atoms with van der Waals surface area (Å²) in [4.78, 5) is 6.28. The minimum absolute atomic E-state index is 0.113. The van der Waals surface area contributed by atoms with E-state index >= 15 is 0 Å².